The normalized spacial score (nSPS) is 15.9. The van der Waals surface area contributed by atoms with E-state index in [-0.39, 0.29) is 5.91 Å². The molecule has 1 N–H and O–H groups in total. The van der Waals surface area contributed by atoms with E-state index in [0.717, 1.165) is 22.5 Å². The third-order valence-electron chi connectivity index (χ3n) is 4.14. The molecule has 3 aromatic rings. The molecule has 0 aliphatic carbocycles. The Hall–Kier alpha value is -2.99. The molecule has 1 aromatic heterocycles. The van der Waals surface area contributed by atoms with E-state index in [0.29, 0.717) is 17.3 Å². The lowest BCUT2D eigenvalue weighted by molar-refractivity contribution is -0.111. The van der Waals surface area contributed by atoms with Crippen LogP contribution in [-0.2, 0) is 27.1 Å². The highest BCUT2D eigenvalue weighted by Crippen LogP contribution is 2.31. The Bertz CT molecular complexity index is 995. The van der Waals surface area contributed by atoms with Crippen LogP contribution in [0.15, 0.2) is 66.7 Å². The van der Waals surface area contributed by atoms with Gasteiger partial charge in [-0.05, 0) is 23.8 Å². The summed E-state index contributed by atoms with van der Waals surface area (Å²) in [5, 5.41) is 7.49. The van der Waals surface area contributed by atoms with Crippen molar-refractivity contribution in [3.8, 4) is 5.69 Å². The summed E-state index contributed by atoms with van der Waals surface area (Å²) in [7, 11) is -0.957. The minimum absolute atomic E-state index is 0.244. The number of aromatic nitrogens is 2. The molecule has 2 aromatic carbocycles. The second kappa shape index (κ2) is 7.09. The molecule has 1 aliphatic heterocycles. The van der Waals surface area contributed by atoms with Gasteiger partial charge >= 0.3 is 0 Å². The molecule has 0 radical (unpaired) electrons. The second-order valence-electron chi connectivity index (χ2n) is 5.98. The first-order chi connectivity index (χ1) is 12.7. The zero-order chi connectivity index (χ0) is 17.9. The van der Waals surface area contributed by atoms with Gasteiger partial charge < -0.3 is 5.32 Å². The molecule has 0 bridgehead atoms. The number of nitrogens with zero attached hydrogens (tertiary/aromatic N) is 2. The minimum Gasteiger partial charge on any atom is -0.307 e. The van der Waals surface area contributed by atoms with Gasteiger partial charge in [-0.2, -0.15) is 5.10 Å². The Labute approximate surface area is 153 Å². The van der Waals surface area contributed by atoms with Crippen LogP contribution in [0.4, 0.5) is 5.82 Å². The Balaban J connectivity index is 1.64. The van der Waals surface area contributed by atoms with Crippen molar-refractivity contribution in [2.45, 2.75) is 11.5 Å². The monoisotopic (exact) mass is 363 g/mol. The van der Waals surface area contributed by atoms with Crippen LogP contribution >= 0.6 is 0 Å². The number of benzene rings is 2. The van der Waals surface area contributed by atoms with Gasteiger partial charge in [-0.25, -0.2) is 4.68 Å². The molecule has 0 saturated carbocycles. The van der Waals surface area contributed by atoms with Crippen LogP contribution in [0.5, 0.6) is 0 Å². The maximum absolute atomic E-state index is 12.4. The highest BCUT2D eigenvalue weighted by atomic mass is 32.2. The molecule has 4 rings (SSSR count). The van der Waals surface area contributed by atoms with Gasteiger partial charge in [-0.15, -0.1) is 0 Å². The molecule has 1 unspecified atom stereocenters. The molecule has 0 spiro atoms. The molecule has 1 atom stereocenters. The SMILES string of the molecule is O=C(C=Cc1ccccc1)Nc1c2c(nn1-c1ccccc1)CS(=O)C2. The van der Waals surface area contributed by atoms with E-state index in [1.807, 2.05) is 60.7 Å². The van der Waals surface area contributed by atoms with Crippen LogP contribution in [0.2, 0.25) is 0 Å². The van der Waals surface area contributed by atoms with E-state index in [1.54, 1.807) is 10.8 Å². The third-order valence-corrected chi connectivity index (χ3v) is 5.34. The summed E-state index contributed by atoms with van der Waals surface area (Å²) >= 11 is 0. The number of anilines is 1. The molecule has 6 heteroatoms. The van der Waals surface area contributed by atoms with Crippen LogP contribution in [0.3, 0.4) is 0 Å². The van der Waals surface area contributed by atoms with Crippen LogP contribution in [0, 0.1) is 0 Å². The number of nitrogens with one attached hydrogen (secondary N) is 1. The van der Waals surface area contributed by atoms with Crippen molar-refractivity contribution in [3.05, 3.63) is 83.6 Å². The van der Waals surface area contributed by atoms with E-state index < -0.39 is 10.8 Å². The summed E-state index contributed by atoms with van der Waals surface area (Å²) in [6, 6.07) is 19.2. The van der Waals surface area contributed by atoms with E-state index >= 15 is 0 Å². The molecular formula is C20H17N3O2S. The van der Waals surface area contributed by atoms with Crippen LogP contribution < -0.4 is 5.32 Å². The maximum Gasteiger partial charge on any atom is 0.249 e. The van der Waals surface area contributed by atoms with Crippen molar-refractivity contribution in [3.63, 3.8) is 0 Å². The van der Waals surface area contributed by atoms with Gasteiger partial charge in [0.15, 0.2) is 0 Å². The van der Waals surface area contributed by atoms with Crippen LogP contribution in [0.25, 0.3) is 11.8 Å². The lowest BCUT2D eigenvalue weighted by atomic mass is 10.2. The van der Waals surface area contributed by atoms with Crippen LogP contribution in [-0.4, -0.2) is 19.9 Å². The summed E-state index contributed by atoms with van der Waals surface area (Å²) < 4.78 is 13.6. The number of carbonyl (C=O) groups is 1. The average Bonchev–Trinajstić information content (AvgIpc) is 3.19. The van der Waals surface area contributed by atoms with Gasteiger partial charge in [0.2, 0.25) is 5.91 Å². The molecule has 0 fully saturated rings. The Morgan fingerprint density at radius 3 is 2.46 bits per heavy atom. The molecule has 0 saturated heterocycles. The molecule has 1 aliphatic rings. The standard InChI is InChI=1S/C20H17N3O2S/c24-19(12-11-15-7-3-1-4-8-15)21-20-17-13-26(25)14-18(17)22-23(20)16-9-5-2-6-10-16/h1-12H,13-14H2,(H,21,24). The molecule has 1 amide bonds. The Kier molecular flexibility index (Phi) is 4.50. The van der Waals surface area contributed by atoms with E-state index in [1.165, 1.54) is 6.08 Å². The van der Waals surface area contributed by atoms with Gasteiger partial charge in [-0.3, -0.25) is 9.00 Å². The van der Waals surface area contributed by atoms with E-state index in [9.17, 15) is 9.00 Å². The van der Waals surface area contributed by atoms with E-state index in [4.69, 9.17) is 0 Å². The summed E-state index contributed by atoms with van der Waals surface area (Å²) in [4.78, 5) is 12.4. The van der Waals surface area contributed by atoms with Crippen molar-refractivity contribution >= 4 is 28.6 Å². The summed E-state index contributed by atoms with van der Waals surface area (Å²) in [6.07, 6.45) is 3.26. The first kappa shape index (κ1) is 16.5. The zero-order valence-corrected chi connectivity index (χ0v) is 14.8. The highest BCUT2D eigenvalue weighted by Gasteiger charge is 2.27. The third kappa shape index (κ3) is 3.36. The quantitative estimate of drug-likeness (QED) is 0.724. The zero-order valence-electron chi connectivity index (χ0n) is 14.0. The largest absolute Gasteiger partial charge is 0.307 e. The van der Waals surface area contributed by atoms with Gasteiger partial charge in [0.1, 0.15) is 5.82 Å². The second-order valence-corrected chi connectivity index (χ2v) is 7.44. The minimum atomic E-state index is -0.957. The fourth-order valence-corrected chi connectivity index (χ4v) is 4.17. The van der Waals surface area contributed by atoms with Crippen molar-refractivity contribution in [1.82, 2.24) is 9.78 Å². The smallest absolute Gasteiger partial charge is 0.249 e. The van der Waals surface area contributed by atoms with Crippen molar-refractivity contribution < 1.29 is 9.00 Å². The molecule has 130 valence electrons. The molecule has 26 heavy (non-hydrogen) atoms. The summed E-state index contributed by atoms with van der Waals surface area (Å²) in [6.45, 7) is 0. The predicted molar refractivity (Wildman–Crippen MR) is 103 cm³/mol. The Morgan fingerprint density at radius 1 is 1.04 bits per heavy atom. The lowest BCUT2D eigenvalue weighted by Gasteiger charge is -2.09. The van der Waals surface area contributed by atoms with E-state index in [2.05, 4.69) is 10.4 Å². The first-order valence-electron chi connectivity index (χ1n) is 8.26. The van der Waals surface area contributed by atoms with Gasteiger partial charge in [0.25, 0.3) is 0 Å². The number of amides is 1. The fraction of sp³-hybridized carbons (Fsp3) is 0.100. The number of carbonyl (C=O) groups excluding carboxylic acids is 1. The van der Waals surface area contributed by atoms with Gasteiger partial charge in [-0.1, -0.05) is 48.5 Å². The Morgan fingerprint density at radius 2 is 1.73 bits per heavy atom. The fourth-order valence-electron chi connectivity index (χ4n) is 2.91. The van der Waals surface area contributed by atoms with Gasteiger partial charge in [0, 0.05) is 22.4 Å². The average molecular weight is 363 g/mol. The van der Waals surface area contributed by atoms with Crippen molar-refractivity contribution in [1.29, 1.82) is 0 Å². The molecular weight excluding hydrogens is 346 g/mol. The topological polar surface area (TPSA) is 64.0 Å². The van der Waals surface area contributed by atoms with Crippen molar-refractivity contribution in [2.24, 2.45) is 0 Å². The number of hydrogen-bond acceptors (Lipinski definition) is 3. The predicted octanol–water partition coefficient (Wildman–Crippen LogP) is 3.29. The highest BCUT2D eigenvalue weighted by molar-refractivity contribution is 7.83. The molecule has 2 heterocycles. The number of hydrogen-bond donors (Lipinski definition) is 1. The number of rotatable bonds is 4. The number of fused-ring (bicyclic) bond motifs is 1. The van der Waals surface area contributed by atoms with Crippen LogP contribution in [0.1, 0.15) is 16.8 Å². The summed E-state index contributed by atoms with van der Waals surface area (Å²) in [5.41, 5.74) is 3.45. The molecule has 5 nitrogen and oxygen atoms in total. The lowest BCUT2D eigenvalue weighted by Crippen LogP contribution is -2.14. The first-order valence-corrected chi connectivity index (χ1v) is 9.75. The number of para-hydroxylation sites is 1. The van der Waals surface area contributed by atoms with Gasteiger partial charge in [0.05, 0.1) is 22.9 Å². The summed E-state index contributed by atoms with van der Waals surface area (Å²) in [5.74, 6) is 1.20. The maximum atomic E-state index is 12.4. The van der Waals surface area contributed by atoms with Crippen molar-refractivity contribution in [2.75, 3.05) is 5.32 Å².